The van der Waals surface area contributed by atoms with Gasteiger partial charge in [0.1, 0.15) is 5.82 Å². The van der Waals surface area contributed by atoms with Crippen LogP contribution in [0.5, 0.6) is 0 Å². The smallest absolute Gasteiger partial charge is 0.272 e. The number of nitrogens with zero attached hydrogens (tertiary/aromatic N) is 4. The molecule has 1 N–H and O–H groups in total. The number of benzene rings is 2. The zero-order valence-corrected chi connectivity index (χ0v) is 18.8. The lowest BCUT2D eigenvalue weighted by Crippen LogP contribution is -2.26. The van der Waals surface area contributed by atoms with E-state index in [-0.39, 0.29) is 35.8 Å². The Labute approximate surface area is 193 Å². The van der Waals surface area contributed by atoms with Crippen LogP contribution in [0.15, 0.2) is 58.6 Å². The SMILES string of the molecule is CS(=O)(=O)c1ncc2c(n1)CN(C(=O)c1cc(Cc3n[nH]c(=O)c4ccccc34)ccc1F)C2. The quantitative estimate of drug-likeness (QED) is 0.444. The Balaban J connectivity index is 1.43. The van der Waals surface area contributed by atoms with Gasteiger partial charge >= 0.3 is 0 Å². The van der Waals surface area contributed by atoms with Crippen molar-refractivity contribution in [2.24, 2.45) is 0 Å². The molecule has 2 aromatic heterocycles. The van der Waals surface area contributed by atoms with Gasteiger partial charge < -0.3 is 4.90 Å². The van der Waals surface area contributed by atoms with Crippen molar-refractivity contribution in [3.8, 4) is 0 Å². The predicted molar refractivity (Wildman–Crippen MR) is 120 cm³/mol. The summed E-state index contributed by atoms with van der Waals surface area (Å²) in [4.78, 5) is 34.5. The molecule has 1 aliphatic rings. The molecule has 0 spiro atoms. The molecule has 34 heavy (non-hydrogen) atoms. The highest BCUT2D eigenvalue weighted by molar-refractivity contribution is 7.90. The minimum absolute atomic E-state index is 0.0506. The lowest BCUT2D eigenvalue weighted by Gasteiger charge is -2.16. The van der Waals surface area contributed by atoms with Gasteiger partial charge in [-0.3, -0.25) is 9.59 Å². The van der Waals surface area contributed by atoms with Crippen molar-refractivity contribution in [3.05, 3.63) is 92.9 Å². The van der Waals surface area contributed by atoms with Crippen LogP contribution in [0.4, 0.5) is 4.39 Å². The molecule has 0 aliphatic carbocycles. The molecule has 0 bridgehead atoms. The van der Waals surface area contributed by atoms with Gasteiger partial charge in [-0.05, 0) is 23.8 Å². The summed E-state index contributed by atoms with van der Waals surface area (Å²) in [5.41, 5.74) is 1.86. The summed E-state index contributed by atoms with van der Waals surface area (Å²) in [5, 5.41) is 7.48. The number of hydrogen-bond acceptors (Lipinski definition) is 7. The summed E-state index contributed by atoms with van der Waals surface area (Å²) in [7, 11) is -3.59. The minimum atomic E-state index is -3.59. The maximum absolute atomic E-state index is 14.6. The number of rotatable bonds is 4. The Morgan fingerprint density at radius 1 is 1.15 bits per heavy atom. The van der Waals surface area contributed by atoms with Crippen LogP contribution in [0.3, 0.4) is 0 Å². The third-order valence-electron chi connectivity index (χ3n) is 5.66. The van der Waals surface area contributed by atoms with Crippen LogP contribution in [-0.2, 0) is 29.3 Å². The monoisotopic (exact) mass is 479 g/mol. The van der Waals surface area contributed by atoms with Crippen LogP contribution in [0.25, 0.3) is 10.8 Å². The molecule has 11 heteroatoms. The van der Waals surface area contributed by atoms with E-state index in [1.54, 1.807) is 30.3 Å². The molecule has 4 aromatic rings. The zero-order valence-electron chi connectivity index (χ0n) is 17.9. The number of carbonyl (C=O) groups is 1. The largest absolute Gasteiger partial charge is 0.328 e. The first-order chi connectivity index (χ1) is 16.2. The molecule has 1 amide bonds. The van der Waals surface area contributed by atoms with E-state index in [0.717, 1.165) is 6.26 Å². The molecule has 3 heterocycles. The highest BCUT2D eigenvalue weighted by atomic mass is 32.2. The van der Waals surface area contributed by atoms with E-state index in [0.29, 0.717) is 33.3 Å². The van der Waals surface area contributed by atoms with Gasteiger partial charge in [-0.25, -0.2) is 27.9 Å². The molecule has 1 aliphatic heterocycles. The molecular weight excluding hydrogens is 461 g/mol. The van der Waals surface area contributed by atoms with E-state index >= 15 is 0 Å². The van der Waals surface area contributed by atoms with Gasteiger partial charge in [0, 0.05) is 36.4 Å². The fourth-order valence-corrected chi connectivity index (χ4v) is 4.49. The predicted octanol–water partition coefficient (Wildman–Crippen LogP) is 2.00. The highest BCUT2D eigenvalue weighted by Crippen LogP contribution is 2.25. The highest BCUT2D eigenvalue weighted by Gasteiger charge is 2.29. The van der Waals surface area contributed by atoms with Crippen LogP contribution in [0.1, 0.15) is 32.9 Å². The van der Waals surface area contributed by atoms with Gasteiger partial charge in [-0.1, -0.05) is 24.3 Å². The number of carbonyl (C=O) groups excluding carboxylic acids is 1. The number of hydrogen-bond donors (Lipinski definition) is 1. The zero-order chi connectivity index (χ0) is 24.0. The Morgan fingerprint density at radius 2 is 1.91 bits per heavy atom. The van der Waals surface area contributed by atoms with Crippen LogP contribution in [0, 0.1) is 5.82 Å². The second-order valence-electron chi connectivity index (χ2n) is 8.09. The molecule has 0 saturated heterocycles. The molecule has 9 nitrogen and oxygen atoms in total. The van der Waals surface area contributed by atoms with E-state index < -0.39 is 21.6 Å². The number of aromatic amines is 1. The average Bonchev–Trinajstić information content (AvgIpc) is 3.25. The number of H-pyrrole nitrogens is 1. The van der Waals surface area contributed by atoms with Gasteiger partial charge in [-0.15, -0.1) is 0 Å². The first-order valence-corrected chi connectivity index (χ1v) is 12.2. The van der Waals surface area contributed by atoms with E-state index in [4.69, 9.17) is 0 Å². The molecule has 0 atom stereocenters. The summed E-state index contributed by atoms with van der Waals surface area (Å²) in [6, 6.07) is 11.3. The van der Waals surface area contributed by atoms with Crippen LogP contribution in [-0.4, -0.2) is 45.6 Å². The Kier molecular flexibility index (Phi) is 5.20. The normalized spacial score (nSPS) is 13.3. The molecule has 0 unspecified atom stereocenters. The number of nitrogens with one attached hydrogen (secondary N) is 1. The molecule has 0 fully saturated rings. The average molecular weight is 479 g/mol. The molecule has 0 radical (unpaired) electrons. The van der Waals surface area contributed by atoms with Crippen molar-refractivity contribution in [2.45, 2.75) is 24.7 Å². The summed E-state index contributed by atoms with van der Waals surface area (Å²) >= 11 is 0. The first-order valence-electron chi connectivity index (χ1n) is 10.3. The van der Waals surface area contributed by atoms with Crippen LogP contribution >= 0.6 is 0 Å². The van der Waals surface area contributed by atoms with Gasteiger partial charge in [-0.2, -0.15) is 5.10 Å². The third kappa shape index (κ3) is 3.94. The van der Waals surface area contributed by atoms with E-state index in [1.807, 2.05) is 0 Å². The summed E-state index contributed by atoms with van der Waals surface area (Å²) in [6.45, 7) is 0.197. The van der Waals surface area contributed by atoms with Crippen molar-refractivity contribution in [1.29, 1.82) is 0 Å². The maximum Gasteiger partial charge on any atom is 0.272 e. The summed E-state index contributed by atoms with van der Waals surface area (Å²) in [5.74, 6) is -1.22. The van der Waals surface area contributed by atoms with Crippen molar-refractivity contribution >= 4 is 26.5 Å². The number of aromatic nitrogens is 4. The Hall–Kier alpha value is -3.99. The molecular formula is C23H18FN5O4S. The fourth-order valence-electron chi connectivity index (χ4n) is 3.97. The number of amides is 1. The standard InChI is InChI=1S/C23H18FN5O4S/c1-34(32,33)23-25-10-14-11-29(12-20(14)26-23)22(31)17-8-13(6-7-18(17)24)9-19-15-4-2-3-5-16(15)21(30)28-27-19/h2-8,10H,9,11-12H2,1H3,(H,28,30). The topological polar surface area (TPSA) is 126 Å². The second-order valence-corrected chi connectivity index (χ2v) is 10.0. The lowest BCUT2D eigenvalue weighted by atomic mass is 10.0. The van der Waals surface area contributed by atoms with E-state index in [1.165, 1.54) is 23.2 Å². The third-order valence-corrected chi connectivity index (χ3v) is 6.52. The lowest BCUT2D eigenvalue weighted by molar-refractivity contribution is 0.0745. The number of sulfone groups is 1. The molecule has 2 aromatic carbocycles. The summed E-state index contributed by atoms with van der Waals surface area (Å²) in [6.07, 6.45) is 2.67. The maximum atomic E-state index is 14.6. The molecule has 5 rings (SSSR count). The van der Waals surface area contributed by atoms with Gasteiger partial charge in [0.15, 0.2) is 0 Å². The summed E-state index contributed by atoms with van der Waals surface area (Å²) < 4.78 is 38.1. The number of halogens is 1. The molecule has 0 saturated carbocycles. The van der Waals surface area contributed by atoms with Crippen LogP contribution < -0.4 is 5.56 Å². The second kappa shape index (κ2) is 8.10. The van der Waals surface area contributed by atoms with Gasteiger partial charge in [0.05, 0.1) is 28.9 Å². The van der Waals surface area contributed by atoms with E-state index in [9.17, 15) is 22.4 Å². The Bertz CT molecular complexity index is 1630. The first kappa shape index (κ1) is 21.8. The van der Waals surface area contributed by atoms with Crippen molar-refractivity contribution < 1.29 is 17.6 Å². The fraction of sp³-hybridized carbons (Fsp3) is 0.174. The van der Waals surface area contributed by atoms with Gasteiger partial charge in [0.2, 0.25) is 15.0 Å². The van der Waals surface area contributed by atoms with E-state index in [2.05, 4.69) is 20.2 Å². The van der Waals surface area contributed by atoms with Crippen molar-refractivity contribution in [2.75, 3.05) is 6.26 Å². The molecule has 172 valence electrons. The van der Waals surface area contributed by atoms with Crippen molar-refractivity contribution in [1.82, 2.24) is 25.1 Å². The minimum Gasteiger partial charge on any atom is -0.328 e. The van der Waals surface area contributed by atoms with Crippen molar-refractivity contribution in [3.63, 3.8) is 0 Å². The Morgan fingerprint density at radius 3 is 2.68 bits per heavy atom. The van der Waals surface area contributed by atoms with Gasteiger partial charge in [0.25, 0.3) is 11.5 Å². The van der Waals surface area contributed by atoms with Crippen LogP contribution in [0.2, 0.25) is 0 Å². The number of fused-ring (bicyclic) bond motifs is 2.